The Morgan fingerprint density at radius 1 is 0.619 bits per heavy atom. The third-order valence-corrected chi connectivity index (χ3v) is 2.87. The highest BCUT2D eigenvalue weighted by Crippen LogP contribution is 2.30. The third-order valence-electron chi connectivity index (χ3n) is 2.87. The van der Waals surface area contributed by atoms with Crippen molar-refractivity contribution in [2.75, 3.05) is 0 Å². The third kappa shape index (κ3) is 2.60. The van der Waals surface area contributed by atoms with Gasteiger partial charge in [0.15, 0.2) is 0 Å². The Kier molecular flexibility index (Phi) is 4.03. The lowest BCUT2D eigenvalue weighted by Gasteiger charge is -2.11. The van der Waals surface area contributed by atoms with Crippen LogP contribution in [0.25, 0.3) is 0 Å². The Labute approximate surface area is 125 Å². The van der Waals surface area contributed by atoms with Crippen molar-refractivity contribution in [2.24, 2.45) is 0 Å². The fourth-order valence-electron chi connectivity index (χ4n) is 1.89. The van der Waals surface area contributed by atoms with Crippen LogP contribution in [0.15, 0.2) is 36.4 Å². The highest BCUT2D eigenvalue weighted by molar-refractivity contribution is 5.60. The maximum Gasteiger partial charge on any atom is 0.144 e. The quantitative estimate of drug-likeness (QED) is 0.757. The van der Waals surface area contributed by atoms with Crippen molar-refractivity contribution in [3.63, 3.8) is 0 Å². The fourth-order valence-corrected chi connectivity index (χ4v) is 1.89. The van der Waals surface area contributed by atoms with Crippen molar-refractivity contribution >= 4 is 0 Å². The van der Waals surface area contributed by atoms with Crippen molar-refractivity contribution in [1.29, 1.82) is 0 Å². The number of terminal acetylenes is 4. The summed E-state index contributed by atoms with van der Waals surface area (Å²) in [6.07, 6.45) is 21.9. The van der Waals surface area contributed by atoms with E-state index in [1.165, 1.54) is 0 Å². The molecule has 1 heteroatoms. The second kappa shape index (κ2) is 6.08. The van der Waals surface area contributed by atoms with Crippen LogP contribution in [0.1, 0.15) is 22.3 Å². The predicted molar refractivity (Wildman–Crippen MR) is 84.7 cm³/mol. The molecule has 1 nitrogen and oxygen atoms in total. The Balaban J connectivity index is 2.56. The summed E-state index contributed by atoms with van der Waals surface area (Å²) in [6, 6.07) is 10.5. The molecule has 0 atom stereocenters. The van der Waals surface area contributed by atoms with Crippen LogP contribution < -0.4 is 4.74 Å². The minimum atomic E-state index is 0.471. The summed E-state index contributed by atoms with van der Waals surface area (Å²) in [5.74, 6) is 11.1. The van der Waals surface area contributed by atoms with Crippen LogP contribution in [0.4, 0.5) is 0 Å². The lowest BCUT2D eigenvalue weighted by Crippen LogP contribution is -1.95. The van der Waals surface area contributed by atoms with Gasteiger partial charge < -0.3 is 4.74 Å². The molecular weight excluding hydrogens is 256 g/mol. The van der Waals surface area contributed by atoms with Crippen LogP contribution in [0.3, 0.4) is 0 Å². The molecule has 2 aromatic carbocycles. The Hall–Kier alpha value is -3.52. The maximum atomic E-state index is 5.83. The first kappa shape index (κ1) is 13.9. The number of rotatable bonds is 2. The average molecular weight is 266 g/mol. The van der Waals surface area contributed by atoms with Crippen LogP contribution in [-0.2, 0) is 0 Å². The van der Waals surface area contributed by atoms with Gasteiger partial charge in [-0.3, -0.25) is 0 Å². The van der Waals surface area contributed by atoms with Crippen LogP contribution in [0.5, 0.6) is 11.5 Å². The topological polar surface area (TPSA) is 9.23 Å². The zero-order valence-electron chi connectivity index (χ0n) is 11.2. The average Bonchev–Trinajstić information content (AvgIpc) is 2.54. The molecule has 2 aromatic rings. The van der Waals surface area contributed by atoms with Gasteiger partial charge >= 0.3 is 0 Å². The normalized spacial score (nSPS) is 8.76. The molecule has 0 saturated heterocycles. The van der Waals surface area contributed by atoms with Crippen molar-refractivity contribution in [1.82, 2.24) is 0 Å². The van der Waals surface area contributed by atoms with E-state index in [4.69, 9.17) is 30.4 Å². The largest absolute Gasteiger partial charge is 0.455 e. The number of benzene rings is 2. The number of hydrogen-bond donors (Lipinski definition) is 0. The molecular formula is C20H10O. The van der Waals surface area contributed by atoms with E-state index < -0.39 is 0 Å². The number of ether oxygens (including phenoxy) is 1. The summed E-state index contributed by atoms with van der Waals surface area (Å²) in [5, 5.41) is 0. The smallest absolute Gasteiger partial charge is 0.144 e. The van der Waals surface area contributed by atoms with Crippen LogP contribution in [-0.4, -0.2) is 0 Å². The van der Waals surface area contributed by atoms with Crippen molar-refractivity contribution in [2.45, 2.75) is 0 Å². The first-order chi connectivity index (χ1) is 10.2. The molecule has 0 aliphatic carbocycles. The minimum absolute atomic E-state index is 0.471. The van der Waals surface area contributed by atoms with Gasteiger partial charge in [0, 0.05) is 11.1 Å². The van der Waals surface area contributed by atoms with Gasteiger partial charge in [0.1, 0.15) is 11.5 Å². The molecule has 0 amide bonds. The van der Waals surface area contributed by atoms with Crippen LogP contribution in [0, 0.1) is 49.4 Å². The summed E-state index contributed by atoms with van der Waals surface area (Å²) in [6.45, 7) is 0. The van der Waals surface area contributed by atoms with Gasteiger partial charge in [0.2, 0.25) is 0 Å². The predicted octanol–water partition coefficient (Wildman–Crippen LogP) is 3.40. The molecule has 2 rings (SSSR count). The van der Waals surface area contributed by atoms with Crippen LogP contribution in [0.2, 0.25) is 0 Å². The monoisotopic (exact) mass is 266 g/mol. The number of hydrogen-bond acceptors (Lipinski definition) is 1. The van der Waals surface area contributed by atoms with Gasteiger partial charge in [-0.15, -0.1) is 25.7 Å². The van der Waals surface area contributed by atoms with E-state index in [1.807, 2.05) is 0 Å². The Bertz CT molecular complexity index is 785. The van der Waals surface area contributed by atoms with E-state index in [9.17, 15) is 0 Å². The molecule has 21 heavy (non-hydrogen) atoms. The lowest BCUT2D eigenvalue weighted by atomic mass is 10.1. The second-order valence-corrected chi connectivity index (χ2v) is 4.04. The lowest BCUT2D eigenvalue weighted by molar-refractivity contribution is 0.479. The molecule has 0 unspecified atom stereocenters. The van der Waals surface area contributed by atoms with Gasteiger partial charge in [0.25, 0.3) is 0 Å². The summed E-state index contributed by atoms with van der Waals surface area (Å²) in [4.78, 5) is 0. The Morgan fingerprint density at radius 3 is 1.38 bits per heavy atom. The molecule has 0 aliphatic heterocycles. The minimum Gasteiger partial charge on any atom is -0.455 e. The summed E-state index contributed by atoms with van der Waals surface area (Å²) >= 11 is 0. The highest BCUT2D eigenvalue weighted by Gasteiger charge is 2.11. The maximum absolute atomic E-state index is 5.83. The summed E-state index contributed by atoms with van der Waals surface area (Å²) in [7, 11) is 0. The molecule has 0 N–H and O–H groups in total. The van der Waals surface area contributed by atoms with E-state index >= 15 is 0 Å². The zero-order chi connectivity index (χ0) is 15.2. The van der Waals surface area contributed by atoms with Gasteiger partial charge in [0.05, 0.1) is 11.1 Å². The summed E-state index contributed by atoms with van der Waals surface area (Å²) in [5.41, 5.74) is 2.19. The first-order valence-electron chi connectivity index (χ1n) is 6.05. The van der Waals surface area contributed by atoms with Gasteiger partial charge in [-0.2, -0.15) is 0 Å². The Morgan fingerprint density at radius 2 is 1.05 bits per heavy atom. The van der Waals surface area contributed by atoms with Crippen molar-refractivity contribution in [3.8, 4) is 60.9 Å². The zero-order valence-corrected chi connectivity index (χ0v) is 11.2. The SMILES string of the molecule is C#Cc1cccc(Oc2cccc(C#C)c2C#C)c1C#C. The molecule has 0 aliphatic rings. The highest BCUT2D eigenvalue weighted by atomic mass is 16.5. The molecule has 0 radical (unpaired) electrons. The molecule has 0 bridgehead atoms. The van der Waals surface area contributed by atoms with E-state index in [0.717, 1.165) is 0 Å². The molecule has 0 spiro atoms. The second-order valence-electron chi connectivity index (χ2n) is 4.04. The van der Waals surface area contributed by atoms with E-state index in [1.54, 1.807) is 36.4 Å². The first-order valence-corrected chi connectivity index (χ1v) is 6.05. The van der Waals surface area contributed by atoms with Gasteiger partial charge in [-0.1, -0.05) is 35.8 Å². The fraction of sp³-hybridized carbons (Fsp3) is 0. The van der Waals surface area contributed by atoms with E-state index in [0.29, 0.717) is 33.8 Å². The molecule has 96 valence electrons. The van der Waals surface area contributed by atoms with E-state index in [2.05, 4.69) is 23.7 Å². The van der Waals surface area contributed by atoms with Gasteiger partial charge in [-0.05, 0) is 24.3 Å². The molecule has 0 fully saturated rings. The summed E-state index contributed by atoms with van der Waals surface area (Å²) < 4.78 is 5.83. The molecule has 0 saturated carbocycles. The van der Waals surface area contributed by atoms with E-state index in [-0.39, 0.29) is 0 Å². The standard InChI is InChI=1S/C20H10O/c1-5-15-11-9-13-19(17(15)7-3)21-20-14-10-12-16(6-2)18(20)8-4/h1-4,9-14H. The molecule has 0 aromatic heterocycles. The van der Waals surface area contributed by atoms with Gasteiger partial charge in [-0.25, -0.2) is 0 Å². The van der Waals surface area contributed by atoms with Crippen LogP contribution >= 0.6 is 0 Å². The van der Waals surface area contributed by atoms with Crippen molar-refractivity contribution < 1.29 is 4.74 Å². The molecule has 0 heterocycles. The van der Waals surface area contributed by atoms with Crippen molar-refractivity contribution in [3.05, 3.63) is 58.7 Å².